The van der Waals surface area contributed by atoms with Crippen molar-refractivity contribution in [2.75, 3.05) is 19.6 Å². The van der Waals surface area contributed by atoms with Gasteiger partial charge in [0, 0.05) is 18.7 Å². The largest absolute Gasteiger partial charge is 0.446 e. The van der Waals surface area contributed by atoms with Gasteiger partial charge < -0.3 is 15.0 Å². The molecule has 1 N–H and O–H groups in total. The summed E-state index contributed by atoms with van der Waals surface area (Å²) in [6.45, 7) is 0.789. The second-order valence-electron chi connectivity index (χ2n) is 6.83. The van der Waals surface area contributed by atoms with Crippen LogP contribution in [0.4, 0.5) is 4.39 Å². The first kappa shape index (κ1) is 20.5. The molecule has 2 aromatic carbocycles. The third-order valence-corrected chi connectivity index (χ3v) is 4.76. The van der Waals surface area contributed by atoms with Crippen LogP contribution in [-0.4, -0.2) is 42.3 Å². The molecule has 0 aliphatic carbocycles. The maximum atomic E-state index is 13.7. The number of hydrogen-bond donors (Lipinski definition) is 1. The van der Waals surface area contributed by atoms with Gasteiger partial charge in [-0.3, -0.25) is 14.4 Å². The molecule has 0 unspecified atom stereocenters. The van der Waals surface area contributed by atoms with Crippen LogP contribution in [0, 0.1) is 5.82 Å². The molecule has 1 atom stereocenters. The van der Waals surface area contributed by atoms with Crippen LogP contribution in [0.5, 0.6) is 0 Å². The first-order valence-corrected chi connectivity index (χ1v) is 9.62. The van der Waals surface area contributed by atoms with Crippen molar-refractivity contribution in [3.05, 3.63) is 71.5 Å². The summed E-state index contributed by atoms with van der Waals surface area (Å²) in [4.78, 5) is 39.1. The number of piperidine rings is 1. The first-order valence-electron chi connectivity index (χ1n) is 9.62. The van der Waals surface area contributed by atoms with Crippen molar-refractivity contribution in [1.82, 2.24) is 10.2 Å². The molecule has 6 nitrogen and oxygen atoms in total. The van der Waals surface area contributed by atoms with Crippen LogP contribution in [-0.2, 0) is 14.3 Å². The average molecular weight is 398 g/mol. The number of amides is 2. The molecule has 0 spiro atoms. The number of likely N-dealkylation sites (tertiary alicyclic amines) is 1. The summed E-state index contributed by atoms with van der Waals surface area (Å²) in [6.07, 6.45) is 1.83. The van der Waals surface area contributed by atoms with Gasteiger partial charge in [-0.15, -0.1) is 0 Å². The van der Waals surface area contributed by atoms with E-state index >= 15 is 0 Å². The van der Waals surface area contributed by atoms with Crippen molar-refractivity contribution in [3.63, 3.8) is 0 Å². The average Bonchev–Trinajstić information content (AvgIpc) is 2.77. The number of esters is 1. The molecule has 2 amide bonds. The van der Waals surface area contributed by atoms with E-state index in [4.69, 9.17) is 4.74 Å². The molecule has 2 aromatic rings. The van der Waals surface area contributed by atoms with E-state index in [1.165, 1.54) is 18.2 Å². The zero-order valence-corrected chi connectivity index (χ0v) is 16.0. The molecule has 0 saturated carbocycles. The Kier molecular flexibility index (Phi) is 6.94. The van der Waals surface area contributed by atoms with E-state index in [2.05, 4.69) is 5.32 Å². The number of nitrogens with one attached hydrogen (secondary N) is 1. The summed E-state index contributed by atoms with van der Waals surface area (Å²) in [5, 5.41) is 2.34. The molecule has 1 heterocycles. The van der Waals surface area contributed by atoms with Gasteiger partial charge in [0.1, 0.15) is 12.4 Å². The van der Waals surface area contributed by atoms with Crippen molar-refractivity contribution in [2.24, 2.45) is 0 Å². The van der Waals surface area contributed by atoms with Crippen molar-refractivity contribution in [1.29, 1.82) is 0 Å². The highest BCUT2D eigenvalue weighted by atomic mass is 19.1. The number of rotatable bonds is 6. The minimum absolute atomic E-state index is 0.163. The summed E-state index contributed by atoms with van der Waals surface area (Å²) in [5.74, 6) is -2.45. The van der Waals surface area contributed by atoms with Crippen molar-refractivity contribution in [2.45, 2.75) is 25.4 Å². The van der Waals surface area contributed by atoms with Crippen LogP contribution in [0.25, 0.3) is 0 Å². The molecule has 3 rings (SSSR count). The van der Waals surface area contributed by atoms with E-state index in [0.29, 0.717) is 18.7 Å². The number of halogens is 1. The fourth-order valence-corrected chi connectivity index (χ4v) is 3.24. The van der Waals surface area contributed by atoms with Crippen LogP contribution >= 0.6 is 0 Å². The molecule has 7 heteroatoms. The van der Waals surface area contributed by atoms with E-state index in [0.717, 1.165) is 25.3 Å². The third kappa shape index (κ3) is 5.40. The molecular weight excluding hydrogens is 375 g/mol. The van der Waals surface area contributed by atoms with Gasteiger partial charge in [0.2, 0.25) is 6.10 Å². The summed E-state index contributed by atoms with van der Waals surface area (Å²) in [7, 11) is 0. The summed E-state index contributed by atoms with van der Waals surface area (Å²) in [5.41, 5.74) is 0.404. The Hall–Kier alpha value is -3.22. The SMILES string of the molecule is O=C(CNC(=O)c1ccccc1F)O[C@H](C(=O)N1CCCCC1)c1ccccc1. The maximum Gasteiger partial charge on any atom is 0.326 e. The predicted molar refractivity (Wildman–Crippen MR) is 104 cm³/mol. The lowest BCUT2D eigenvalue weighted by Crippen LogP contribution is -2.41. The quantitative estimate of drug-likeness (QED) is 0.760. The van der Waals surface area contributed by atoms with Gasteiger partial charge in [0.25, 0.3) is 11.8 Å². The van der Waals surface area contributed by atoms with Crippen LogP contribution in [0.15, 0.2) is 54.6 Å². The number of benzene rings is 2. The normalized spacial score (nSPS) is 14.7. The van der Waals surface area contributed by atoms with Crippen molar-refractivity contribution < 1.29 is 23.5 Å². The molecule has 29 heavy (non-hydrogen) atoms. The second kappa shape index (κ2) is 9.82. The van der Waals surface area contributed by atoms with E-state index in [9.17, 15) is 18.8 Å². The summed E-state index contributed by atoms with van der Waals surface area (Å²) >= 11 is 0. The van der Waals surface area contributed by atoms with Crippen LogP contribution in [0.2, 0.25) is 0 Å². The lowest BCUT2D eigenvalue weighted by Gasteiger charge is -2.30. The van der Waals surface area contributed by atoms with Crippen molar-refractivity contribution >= 4 is 17.8 Å². The Morgan fingerprint density at radius 1 is 0.966 bits per heavy atom. The molecular formula is C22H23FN2O4. The van der Waals surface area contributed by atoms with Gasteiger partial charge in [-0.25, -0.2) is 4.39 Å². The minimum Gasteiger partial charge on any atom is -0.446 e. The molecule has 0 radical (unpaired) electrons. The lowest BCUT2D eigenvalue weighted by atomic mass is 10.1. The van der Waals surface area contributed by atoms with Gasteiger partial charge >= 0.3 is 5.97 Å². The maximum absolute atomic E-state index is 13.7. The standard InChI is InChI=1S/C22H23FN2O4/c23-18-12-6-5-11-17(18)21(27)24-15-19(26)29-20(16-9-3-1-4-10-16)22(28)25-13-7-2-8-14-25/h1,3-6,9-12,20H,2,7-8,13-15H2,(H,24,27)/t20-/m0/s1. The zero-order valence-electron chi connectivity index (χ0n) is 16.0. The number of carbonyl (C=O) groups is 3. The van der Waals surface area contributed by atoms with E-state index in [-0.39, 0.29) is 11.5 Å². The highest BCUT2D eigenvalue weighted by molar-refractivity contribution is 5.96. The topological polar surface area (TPSA) is 75.7 Å². The fourth-order valence-electron chi connectivity index (χ4n) is 3.24. The first-order chi connectivity index (χ1) is 14.1. The molecule has 152 valence electrons. The van der Waals surface area contributed by atoms with E-state index in [1.54, 1.807) is 29.2 Å². The number of hydrogen-bond acceptors (Lipinski definition) is 4. The fraction of sp³-hybridized carbons (Fsp3) is 0.318. The Labute approximate surface area is 168 Å². The minimum atomic E-state index is -1.08. The van der Waals surface area contributed by atoms with Crippen LogP contribution in [0.3, 0.4) is 0 Å². The van der Waals surface area contributed by atoms with Gasteiger partial charge in [-0.1, -0.05) is 42.5 Å². The van der Waals surface area contributed by atoms with E-state index in [1.807, 2.05) is 6.07 Å². The highest BCUT2D eigenvalue weighted by Gasteiger charge is 2.30. The highest BCUT2D eigenvalue weighted by Crippen LogP contribution is 2.22. The molecule has 1 saturated heterocycles. The zero-order chi connectivity index (χ0) is 20.6. The molecule has 1 aliphatic rings. The van der Waals surface area contributed by atoms with Crippen LogP contribution < -0.4 is 5.32 Å². The molecule has 0 aromatic heterocycles. The van der Waals surface area contributed by atoms with Crippen molar-refractivity contribution in [3.8, 4) is 0 Å². The Balaban J connectivity index is 1.65. The Morgan fingerprint density at radius 3 is 2.31 bits per heavy atom. The lowest BCUT2D eigenvalue weighted by molar-refractivity contribution is -0.160. The second-order valence-corrected chi connectivity index (χ2v) is 6.83. The molecule has 1 aliphatic heterocycles. The summed E-state index contributed by atoms with van der Waals surface area (Å²) < 4.78 is 19.1. The Bertz CT molecular complexity index is 866. The van der Waals surface area contributed by atoms with E-state index < -0.39 is 30.3 Å². The van der Waals surface area contributed by atoms with Gasteiger partial charge in [0.05, 0.1) is 5.56 Å². The van der Waals surface area contributed by atoms with Gasteiger partial charge in [-0.05, 0) is 31.4 Å². The predicted octanol–water partition coefficient (Wildman–Crippen LogP) is 2.85. The number of nitrogens with zero attached hydrogens (tertiary/aromatic N) is 1. The van der Waals surface area contributed by atoms with Gasteiger partial charge in [-0.2, -0.15) is 0 Å². The molecule has 0 bridgehead atoms. The monoisotopic (exact) mass is 398 g/mol. The third-order valence-electron chi connectivity index (χ3n) is 4.76. The number of ether oxygens (including phenoxy) is 1. The molecule has 1 fully saturated rings. The number of carbonyl (C=O) groups excluding carboxylic acids is 3. The van der Waals surface area contributed by atoms with Crippen LogP contribution in [0.1, 0.15) is 41.3 Å². The summed E-state index contributed by atoms with van der Waals surface area (Å²) in [6, 6.07) is 14.3. The van der Waals surface area contributed by atoms with Gasteiger partial charge in [0.15, 0.2) is 0 Å². The Morgan fingerprint density at radius 2 is 1.62 bits per heavy atom. The smallest absolute Gasteiger partial charge is 0.326 e.